The van der Waals surface area contributed by atoms with Gasteiger partial charge in [0, 0.05) is 26.1 Å². The molecule has 0 bridgehead atoms. The molecule has 132 valence electrons. The molecule has 1 aromatic rings. The zero-order valence-electron chi connectivity index (χ0n) is 14.7. The first kappa shape index (κ1) is 21.5. The normalized spacial score (nSPS) is 10.7. The van der Waals surface area contributed by atoms with Crippen LogP contribution in [0, 0.1) is 5.41 Å². The predicted octanol–water partition coefficient (Wildman–Crippen LogP) is 2.50. The molecule has 0 radical (unpaired) electrons. The Kier molecular flexibility index (Phi) is 9.02. The van der Waals surface area contributed by atoms with Gasteiger partial charge >= 0.3 is 0 Å². The van der Waals surface area contributed by atoms with Crippen molar-refractivity contribution in [1.29, 1.82) is 0 Å². The van der Waals surface area contributed by atoms with Gasteiger partial charge in [0.05, 0.1) is 14.2 Å². The van der Waals surface area contributed by atoms with Gasteiger partial charge < -0.3 is 20.1 Å². The van der Waals surface area contributed by atoms with Gasteiger partial charge in [-0.3, -0.25) is 4.79 Å². The number of carbonyl (C=O) groups is 1. The molecular formula is C17H29ClN2O3. The number of ether oxygens (including phenoxy) is 2. The second-order valence-corrected chi connectivity index (χ2v) is 6.34. The Morgan fingerprint density at radius 2 is 1.70 bits per heavy atom. The van der Waals surface area contributed by atoms with Gasteiger partial charge in [-0.15, -0.1) is 12.4 Å². The van der Waals surface area contributed by atoms with Crippen LogP contribution in [0.4, 0.5) is 0 Å². The van der Waals surface area contributed by atoms with Crippen molar-refractivity contribution in [2.24, 2.45) is 11.1 Å². The highest BCUT2D eigenvalue weighted by atomic mass is 35.5. The molecular weight excluding hydrogens is 316 g/mol. The Labute approximate surface area is 145 Å². The molecule has 5 nitrogen and oxygen atoms in total. The standard InChI is InChI=1S/C17H28N2O3.ClH/c1-17(2,11-18)12-19(3)16(20)7-6-13-8-14(21-4)10-15(9-13)22-5;/h8-10H,6-7,11-12,18H2,1-5H3;1H. The summed E-state index contributed by atoms with van der Waals surface area (Å²) in [4.78, 5) is 14.0. The highest BCUT2D eigenvalue weighted by Crippen LogP contribution is 2.23. The van der Waals surface area contributed by atoms with Gasteiger partial charge in [-0.25, -0.2) is 0 Å². The highest BCUT2D eigenvalue weighted by Gasteiger charge is 2.21. The summed E-state index contributed by atoms with van der Waals surface area (Å²) in [6, 6.07) is 5.68. The molecule has 2 N–H and O–H groups in total. The molecule has 0 unspecified atom stereocenters. The van der Waals surface area contributed by atoms with Crippen LogP contribution in [0.25, 0.3) is 0 Å². The smallest absolute Gasteiger partial charge is 0.222 e. The van der Waals surface area contributed by atoms with E-state index < -0.39 is 0 Å². The van der Waals surface area contributed by atoms with Gasteiger partial charge in [0.2, 0.25) is 5.91 Å². The zero-order valence-corrected chi connectivity index (χ0v) is 15.5. The predicted molar refractivity (Wildman–Crippen MR) is 95.6 cm³/mol. The Hall–Kier alpha value is -1.46. The van der Waals surface area contributed by atoms with E-state index >= 15 is 0 Å². The Bertz CT molecular complexity index is 484. The molecule has 0 atom stereocenters. The van der Waals surface area contributed by atoms with Crippen LogP contribution in [0.3, 0.4) is 0 Å². The molecule has 1 amide bonds. The minimum absolute atomic E-state index is 0. The number of methoxy groups -OCH3 is 2. The summed E-state index contributed by atoms with van der Waals surface area (Å²) in [5, 5.41) is 0. The van der Waals surface area contributed by atoms with Crippen LogP contribution in [0.1, 0.15) is 25.8 Å². The third-order valence-corrected chi connectivity index (χ3v) is 3.68. The van der Waals surface area contributed by atoms with Gasteiger partial charge in [0.25, 0.3) is 0 Å². The lowest BCUT2D eigenvalue weighted by Gasteiger charge is -2.29. The fraction of sp³-hybridized carbons (Fsp3) is 0.588. The molecule has 0 saturated heterocycles. The van der Waals surface area contributed by atoms with E-state index in [1.54, 1.807) is 19.1 Å². The fourth-order valence-electron chi connectivity index (χ4n) is 2.25. The van der Waals surface area contributed by atoms with E-state index in [9.17, 15) is 4.79 Å². The first-order valence-corrected chi connectivity index (χ1v) is 7.47. The van der Waals surface area contributed by atoms with Crippen molar-refractivity contribution in [3.63, 3.8) is 0 Å². The monoisotopic (exact) mass is 344 g/mol. The summed E-state index contributed by atoms with van der Waals surface area (Å²) in [5.74, 6) is 1.59. The Morgan fingerprint density at radius 3 is 2.13 bits per heavy atom. The summed E-state index contributed by atoms with van der Waals surface area (Å²) < 4.78 is 10.5. The van der Waals surface area contributed by atoms with Crippen molar-refractivity contribution in [3.8, 4) is 11.5 Å². The van der Waals surface area contributed by atoms with Gasteiger partial charge in [0.1, 0.15) is 11.5 Å². The molecule has 0 aliphatic carbocycles. The molecule has 0 aliphatic heterocycles. The zero-order chi connectivity index (χ0) is 16.8. The van der Waals surface area contributed by atoms with E-state index in [4.69, 9.17) is 15.2 Å². The Morgan fingerprint density at radius 1 is 1.17 bits per heavy atom. The van der Waals surface area contributed by atoms with Gasteiger partial charge in [-0.1, -0.05) is 13.8 Å². The number of nitrogens with two attached hydrogens (primary N) is 1. The number of rotatable bonds is 8. The summed E-state index contributed by atoms with van der Waals surface area (Å²) in [6.07, 6.45) is 1.10. The number of hydrogen-bond acceptors (Lipinski definition) is 4. The summed E-state index contributed by atoms with van der Waals surface area (Å²) in [7, 11) is 5.06. The minimum atomic E-state index is -0.0659. The van der Waals surface area contributed by atoms with E-state index in [2.05, 4.69) is 13.8 Å². The van der Waals surface area contributed by atoms with Gasteiger partial charge in [-0.2, -0.15) is 0 Å². The van der Waals surface area contributed by atoms with E-state index in [1.165, 1.54) is 0 Å². The van der Waals surface area contributed by atoms with Crippen molar-refractivity contribution >= 4 is 18.3 Å². The highest BCUT2D eigenvalue weighted by molar-refractivity contribution is 5.85. The van der Waals surface area contributed by atoms with Crippen LogP contribution in [0.15, 0.2) is 18.2 Å². The second kappa shape index (κ2) is 9.63. The summed E-state index contributed by atoms with van der Waals surface area (Å²) in [6.45, 7) is 5.33. The van der Waals surface area contributed by atoms with Crippen LogP contribution in [-0.2, 0) is 11.2 Å². The maximum atomic E-state index is 12.2. The lowest BCUT2D eigenvalue weighted by Crippen LogP contribution is -2.39. The number of hydrogen-bond donors (Lipinski definition) is 1. The Balaban J connectivity index is 0.00000484. The van der Waals surface area contributed by atoms with Crippen molar-refractivity contribution in [2.45, 2.75) is 26.7 Å². The van der Waals surface area contributed by atoms with Crippen LogP contribution in [-0.4, -0.2) is 45.2 Å². The maximum Gasteiger partial charge on any atom is 0.222 e. The molecule has 0 aliphatic rings. The van der Waals surface area contributed by atoms with E-state index in [1.807, 2.05) is 25.2 Å². The third-order valence-electron chi connectivity index (χ3n) is 3.68. The number of carbonyl (C=O) groups excluding carboxylic acids is 1. The molecule has 23 heavy (non-hydrogen) atoms. The molecule has 0 spiro atoms. The lowest BCUT2D eigenvalue weighted by molar-refractivity contribution is -0.131. The molecule has 0 aromatic heterocycles. The number of amides is 1. The van der Waals surface area contributed by atoms with E-state index in [-0.39, 0.29) is 23.7 Å². The van der Waals surface area contributed by atoms with Crippen molar-refractivity contribution < 1.29 is 14.3 Å². The third kappa shape index (κ3) is 7.10. The quantitative estimate of drug-likeness (QED) is 0.787. The fourth-order valence-corrected chi connectivity index (χ4v) is 2.25. The minimum Gasteiger partial charge on any atom is -0.497 e. The largest absolute Gasteiger partial charge is 0.497 e. The second-order valence-electron chi connectivity index (χ2n) is 6.34. The van der Waals surface area contributed by atoms with Crippen molar-refractivity contribution in [2.75, 3.05) is 34.4 Å². The van der Waals surface area contributed by atoms with E-state index in [0.29, 0.717) is 25.9 Å². The lowest BCUT2D eigenvalue weighted by atomic mass is 9.93. The SMILES string of the molecule is COc1cc(CCC(=O)N(C)CC(C)(C)CN)cc(OC)c1.Cl. The van der Waals surface area contributed by atoms with Crippen LogP contribution < -0.4 is 15.2 Å². The molecule has 6 heteroatoms. The van der Waals surface area contributed by atoms with Crippen LogP contribution in [0.2, 0.25) is 0 Å². The van der Waals surface area contributed by atoms with Crippen LogP contribution in [0.5, 0.6) is 11.5 Å². The molecule has 0 fully saturated rings. The average Bonchev–Trinajstić information content (AvgIpc) is 2.51. The van der Waals surface area contributed by atoms with E-state index in [0.717, 1.165) is 17.1 Å². The molecule has 0 heterocycles. The number of benzene rings is 1. The first-order valence-electron chi connectivity index (χ1n) is 7.47. The summed E-state index contributed by atoms with van der Waals surface area (Å²) in [5.41, 5.74) is 6.68. The van der Waals surface area contributed by atoms with Gasteiger partial charge in [0.15, 0.2) is 0 Å². The van der Waals surface area contributed by atoms with Crippen molar-refractivity contribution in [1.82, 2.24) is 4.90 Å². The first-order chi connectivity index (χ1) is 10.3. The van der Waals surface area contributed by atoms with Crippen molar-refractivity contribution in [3.05, 3.63) is 23.8 Å². The van der Waals surface area contributed by atoms with Crippen LogP contribution >= 0.6 is 12.4 Å². The van der Waals surface area contributed by atoms with Gasteiger partial charge in [-0.05, 0) is 36.1 Å². The number of nitrogens with zero attached hydrogens (tertiary/aromatic N) is 1. The number of halogens is 1. The molecule has 1 rings (SSSR count). The average molecular weight is 345 g/mol. The number of aryl methyl sites for hydroxylation is 1. The summed E-state index contributed by atoms with van der Waals surface area (Å²) >= 11 is 0. The molecule has 0 saturated carbocycles. The molecule has 1 aromatic carbocycles. The topological polar surface area (TPSA) is 64.8 Å². The maximum absolute atomic E-state index is 12.2.